The fourth-order valence-corrected chi connectivity index (χ4v) is 2.34. The van der Waals surface area contributed by atoms with Gasteiger partial charge in [-0.2, -0.15) is 0 Å². The Morgan fingerprint density at radius 3 is 2.45 bits per heavy atom. The highest BCUT2D eigenvalue weighted by Crippen LogP contribution is 2.16. The zero-order valence-corrected chi connectivity index (χ0v) is 12.6. The van der Waals surface area contributed by atoms with E-state index in [0.29, 0.717) is 19.4 Å². The molecule has 1 heterocycles. The number of rotatable bonds is 5. The van der Waals surface area contributed by atoms with Crippen molar-refractivity contribution in [3.8, 4) is 5.75 Å². The molecular weight excluding hydrogens is 326 g/mol. The van der Waals surface area contributed by atoms with Gasteiger partial charge in [-0.3, -0.25) is 4.79 Å². The third kappa shape index (κ3) is 4.19. The Kier molecular flexibility index (Phi) is 5.39. The summed E-state index contributed by atoms with van der Waals surface area (Å²) in [5.74, 6) is 0.715. The van der Waals surface area contributed by atoms with E-state index in [1.165, 1.54) is 4.90 Å². The van der Waals surface area contributed by atoms with Gasteiger partial charge >= 0.3 is 0 Å². The van der Waals surface area contributed by atoms with Gasteiger partial charge in [-0.15, -0.1) is 0 Å². The molecule has 2 rings (SSSR count). The van der Waals surface area contributed by atoms with Crippen LogP contribution in [0.25, 0.3) is 0 Å². The van der Waals surface area contributed by atoms with Gasteiger partial charge in [-0.05, 0) is 30.7 Å². The van der Waals surface area contributed by atoms with Gasteiger partial charge in [0, 0.05) is 24.0 Å². The Bertz CT molecular complexity index is 441. The summed E-state index contributed by atoms with van der Waals surface area (Å²) in [6.07, 6.45) is -0.677. The number of benzene rings is 1. The molecule has 0 aliphatic carbocycles. The minimum absolute atomic E-state index is 0.0555. The lowest BCUT2D eigenvalue weighted by atomic mass is 10.3. The number of hydrogen-bond acceptors (Lipinski definition) is 4. The highest BCUT2D eigenvalue weighted by atomic mass is 79.9. The van der Waals surface area contributed by atoms with Crippen molar-refractivity contribution >= 4 is 21.8 Å². The molecule has 0 saturated carbocycles. The standard InChI is InChI=1S/C14H18BrNO4/c15-10-3-5-11(6-4-10)20-7-1-2-14(19)16-8-12(17)13(18)9-16/h3-6,12-13,17-18H,1-2,7-9H2. The van der Waals surface area contributed by atoms with Crippen molar-refractivity contribution in [3.05, 3.63) is 28.7 Å². The number of carbonyl (C=O) groups is 1. The van der Waals surface area contributed by atoms with Gasteiger partial charge in [0.05, 0.1) is 18.8 Å². The van der Waals surface area contributed by atoms with Gasteiger partial charge in [0.15, 0.2) is 0 Å². The van der Waals surface area contributed by atoms with Crippen LogP contribution in [0.2, 0.25) is 0 Å². The maximum atomic E-state index is 11.8. The van der Waals surface area contributed by atoms with Crippen LogP contribution in [0.3, 0.4) is 0 Å². The van der Waals surface area contributed by atoms with Gasteiger partial charge in [0.2, 0.25) is 5.91 Å². The van der Waals surface area contributed by atoms with E-state index in [-0.39, 0.29) is 19.0 Å². The molecule has 0 bridgehead atoms. The van der Waals surface area contributed by atoms with Crippen LogP contribution in [0.1, 0.15) is 12.8 Å². The first kappa shape index (κ1) is 15.3. The second-order valence-corrected chi connectivity index (χ2v) is 5.76. The van der Waals surface area contributed by atoms with Crippen molar-refractivity contribution in [2.45, 2.75) is 25.0 Å². The quantitative estimate of drug-likeness (QED) is 0.787. The fraction of sp³-hybridized carbons (Fsp3) is 0.500. The number of amides is 1. The first-order valence-corrected chi connectivity index (χ1v) is 7.38. The normalized spacial score (nSPS) is 22.1. The zero-order chi connectivity index (χ0) is 14.5. The van der Waals surface area contributed by atoms with Crippen LogP contribution in [-0.4, -0.2) is 52.9 Å². The molecule has 1 amide bonds. The van der Waals surface area contributed by atoms with E-state index >= 15 is 0 Å². The molecule has 1 aromatic carbocycles. The van der Waals surface area contributed by atoms with Gasteiger partial charge in [0.25, 0.3) is 0 Å². The van der Waals surface area contributed by atoms with E-state index < -0.39 is 12.2 Å². The summed E-state index contributed by atoms with van der Waals surface area (Å²) in [5, 5.41) is 18.8. The molecule has 110 valence electrons. The number of hydrogen-bond donors (Lipinski definition) is 2. The second kappa shape index (κ2) is 7.06. The molecule has 0 aromatic heterocycles. The van der Waals surface area contributed by atoms with Crippen LogP contribution in [0.4, 0.5) is 0 Å². The van der Waals surface area contributed by atoms with Crippen LogP contribution in [0.5, 0.6) is 5.75 Å². The molecule has 1 fully saturated rings. The van der Waals surface area contributed by atoms with Crippen LogP contribution >= 0.6 is 15.9 Å². The molecule has 1 aromatic rings. The third-order valence-electron chi connectivity index (χ3n) is 3.23. The van der Waals surface area contributed by atoms with Crippen molar-refractivity contribution in [1.29, 1.82) is 0 Å². The molecule has 6 heteroatoms. The summed E-state index contributed by atoms with van der Waals surface area (Å²) < 4.78 is 6.52. The third-order valence-corrected chi connectivity index (χ3v) is 3.76. The first-order valence-electron chi connectivity index (χ1n) is 6.58. The van der Waals surface area contributed by atoms with E-state index in [1.807, 2.05) is 24.3 Å². The van der Waals surface area contributed by atoms with Crippen LogP contribution in [-0.2, 0) is 4.79 Å². The van der Waals surface area contributed by atoms with Crippen molar-refractivity contribution in [2.75, 3.05) is 19.7 Å². The monoisotopic (exact) mass is 343 g/mol. The Morgan fingerprint density at radius 2 is 1.85 bits per heavy atom. The van der Waals surface area contributed by atoms with Crippen LogP contribution < -0.4 is 4.74 Å². The summed E-state index contributed by atoms with van der Waals surface area (Å²) >= 11 is 3.35. The van der Waals surface area contributed by atoms with Crippen molar-refractivity contribution in [1.82, 2.24) is 4.90 Å². The van der Waals surface area contributed by atoms with Gasteiger partial charge in [0.1, 0.15) is 5.75 Å². The number of ether oxygens (including phenoxy) is 1. The SMILES string of the molecule is O=C(CCCOc1ccc(Br)cc1)N1CC(O)C(O)C1. The molecule has 1 aliphatic heterocycles. The molecule has 20 heavy (non-hydrogen) atoms. The lowest BCUT2D eigenvalue weighted by Crippen LogP contribution is -2.29. The van der Waals surface area contributed by atoms with Crippen LogP contribution in [0.15, 0.2) is 28.7 Å². The predicted octanol–water partition coefficient (Wildman–Crippen LogP) is 1.17. The molecule has 2 N–H and O–H groups in total. The lowest BCUT2D eigenvalue weighted by molar-refractivity contribution is -0.130. The molecule has 2 atom stereocenters. The summed E-state index contributed by atoms with van der Waals surface area (Å²) in [5.41, 5.74) is 0. The van der Waals surface area contributed by atoms with E-state index in [0.717, 1.165) is 10.2 Å². The molecule has 0 spiro atoms. The molecule has 1 aliphatic rings. The van der Waals surface area contributed by atoms with Gasteiger partial charge < -0.3 is 19.8 Å². The minimum atomic E-state index is -0.821. The number of halogens is 1. The smallest absolute Gasteiger partial charge is 0.222 e. The average Bonchev–Trinajstić information content (AvgIpc) is 2.77. The largest absolute Gasteiger partial charge is 0.494 e. The number of carbonyl (C=O) groups excluding carboxylic acids is 1. The first-order chi connectivity index (χ1) is 9.56. The lowest BCUT2D eigenvalue weighted by Gasteiger charge is -2.15. The summed E-state index contributed by atoms with van der Waals surface area (Å²) in [6, 6.07) is 7.51. The number of likely N-dealkylation sites (tertiary alicyclic amines) is 1. The Morgan fingerprint density at radius 1 is 1.25 bits per heavy atom. The molecule has 2 unspecified atom stereocenters. The number of β-amino-alcohol motifs (C(OH)–C–C–N with tert-alkyl or cyclic N) is 2. The van der Waals surface area contributed by atoms with Crippen LogP contribution in [0, 0.1) is 0 Å². The number of nitrogens with zero attached hydrogens (tertiary/aromatic N) is 1. The summed E-state index contributed by atoms with van der Waals surface area (Å²) in [4.78, 5) is 13.3. The van der Waals surface area contributed by atoms with Gasteiger partial charge in [-0.25, -0.2) is 0 Å². The Hall–Kier alpha value is -1.11. The van der Waals surface area contributed by atoms with Crippen molar-refractivity contribution in [2.24, 2.45) is 0 Å². The average molecular weight is 344 g/mol. The van der Waals surface area contributed by atoms with E-state index in [4.69, 9.17) is 4.74 Å². The highest BCUT2D eigenvalue weighted by Gasteiger charge is 2.31. The van der Waals surface area contributed by atoms with Gasteiger partial charge in [-0.1, -0.05) is 15.9 Å². The topological polar surface area (TPSA) is 70.0 Å². The Labute approximate surface area is 126 Å². The molecular formula is C14H18BrNO4. The van der Waals surface area contributed by atoms with Crippen molar-refractivity contribution in [3.63, 3.8) is 0 Å². The maximum Gasteiger partial charge on any atom is 0.222 e. The van der Waals surface area contributed by atoms with Crippen molar-refractivity contribution < 1.29 is 19.7 Å². The maximum absolute atomic E-state index is 11.8. The second-order valence-electron chi connectivity index (χ2n) is 4.84. The van der Waals surface area contributed by atoms with E-state index in [9.17, 15) is 15.0 Å². The Balaban J connectivity index is 1.66. The summed E-state index contributed by atoms with van der Waals surface area (Å²) in [7, 11) is 0. The summed E-state index contributed by atoms with van der Waals surface area (Å²) in [6.45, 7) is 0.896. The highest BCUT2D eigenvalue weighted by molar-refractivity contribution is 9.10. The number of aliphatic hydroxyl groups is 2. The molecule has 1 saturated heterocycles. The van der Waals surface area contributed by atoms with E-state index in [1.54, 1.807) is 0 Å². The fourth-order valence-electron chi connectivity index (χ4n) is 2.08. The molecule has 0 radical (unpaired) electrons. The molecule has 5 nitrogen and oxygen atoms in total. The van der Waals surface area contributed by atoms with E-state index in [2.05, 4.69) is 15.9 Å². The zero-order valence-electron chi connectivity index (χ0n) is 11.0. The number of aliphatic hydroxyl groups excluding tert-OH is 2. The minimum Gasteiger partial charge on any atom is -0.494 e. The predicted molar refractivity (Wildman–Crippen MR) is 77.5 cm³/mol.